The molecule has 0 spiro atoms. The van der Waals surface area contributed by atoms with E-state index in [1.807, 2.05) is 18.2 Å². The number of carbonyl (C=O) groups is 1. The summed E-state index contributed by atoms with van der Waals surface area (Å²) in [6.45, 7) is 12.0. The van der Waals surface area contributed by atoms with Crippen LogP contribution in [0.5, 0.6) is 0 Å². The van der Waals surface area contributed by atoms with Crippen LogP contribution in [0, 0.1) is 0 Å². The largest absolute Gasteiger partial charge is 0.461 e. The Morgan fingerprint density at radius 3 is 2.52 bits per heavy atom. The lowest BCUT2D eigenvalue weighted by Crippen LogP contribution is -2.40. The molecule has 0 N–H and O–H groups in total. The summed E-state index contributed by atoms with van der Waals surface area (Å²) in [5.41, 5.74) is 1.58. The first-order valence-corrected chi connectivity index (χ1v) is 11.2. The van der Waals surface area contributed by atoms with Crippen molar-refractivity contribution in [2.24, 2.45) is 0 Å². The molecule has 1 aromatic rings. The molecular weight excluding hydrogens is 348 g/mol. The van der Waals surface area contributed by atoms with Gasteiger partial charge in [-0.1, -0.05) is 48.8 Å². The summed E-state index contributed by atoms with van der Waals surface area (Å²) in [7, 11) is -1.78. The molecule has 0 bridgehead atoms. The Balaban J connectivity index is 2.71. The molecule has 0 amide bonds. The lowest BCUT2D eigenvalue weighted by Gasteiger charge is -2.36. The molecular formula is C16H25BrO3Si. The van der Waals surface area contributed by atoms with Crippen molar-refractivity contribution in [1.29, 1.82) is 0 Å². The highest BCUT2D eigenvalue weighted by Crippen LogP contribution is 2.37. The highest BCUT2D eigenvalue weighted by atomic mass is 79.9. The van der Waals surface area contributed by atoms with Gasteiger partial charge >= 0.3 is 5.97 Å². The first-order chi connectivity index (χ1) is 9.67. The summed E-state index contributed by atoms with van der Waals surface area (Å²) < 4.78 is 11.3. The number of hydrogen-bond donors (Lipinski definition) is 0. The quantitative estimate of drug-likeness (QED) is 0.410. The molecule has 0 atom stereocenters. The molecule has 3 nitrogen and oxygen atoms in total. The number of carbonyl (C=O) groups excluding carboxylic acids is 1. The second kappa shape index (κ2) is 7.56. The van der Waals surface area contributed by atoms with Crippen molar-refractivity contribution in [3.8, 4) is 0 Å². The van der Waals surface area contributed by atoms with Crippen LogP contribution in [0.3, 0.4) is 0 Å². The van der Waals surface area contributed by atoms with Crippen LogP contribution < -0.4 is 0 Å². The average molecular weight is 373 g/mol. The molecule has 0 aliphatic heterocycles. The van der Waals surface area contributed by atoms with Gasteiger partial charge in [-0.05, 0) is 35.8 Å². The number of benzene rings is 1. The summed E-state index contributed by atoms with van der Waals surface area (Å²) in [6.07, 6.45) is 0. The van der Waals surface area contributed by atoms with Gasteiger partial charge in [0.15, 0.2) is 8.32 Å². The molecule has 0 aromatic heterocycles. The topological polar surface area (TPSA) is 35.5 Å². The van der Waals surface area contributed by atoms with Gasteiger partial charge in [-0.25, -0.2) is 4.79 Å². The maximum absolute atomic E-state index is 11.8. The van der Waals surface area contributed by atoms with Crippen LogP contribution in [-0.4, -0.2) is 26.2 Å². The van der Waals surface area contributed by atoms with Crippen molar-refractivity contribution >= 4 is 30.2 Å². The highest BCUT2D eigenvalue weighted by Gasteiger charge is 2.37. The van der Waals surface area contributed by atoms with Crippen molar-refractivity contribution < 1.29 is 14.0 Å². The second-order valence-corrected chi connectivity index (χ2v) is 12.2. The van der Waals surface area contributed by atoms with Gasteiger partial charge in [-0.3, -0.25) is 0 Å². The van der Waals surface area contributed by atoms with Crippen LogP contribution in [0.2, 0.25) is 18.1 Å². The Labute approximate surface area is 137 Å². The molecule has 1 aromatic carbocycles. The predicted octanol–water partition coefficient (Wildman–Crippen LogP) is 4.76. The van der Waals surface area contributed by atoms with Crippen molar-refractivity contribution in [1.82, 2.24) is 0 Å². The Morgan fingerprint density at radius 2 is 1.95 bits per heavy atom. The van der Waals surface area contributed by atoms with E-state index in [1.165, 1.54) is 0 Å². The first-order valence-electron chi connectivity index (χ1n) is 7.13. The van der Waals surface area contributed by atoms with Crippen LogP contribution >= 0.6 is 15.9 Å². The normalized spacial score (nSPS) is 12.3. The lowest BCUT2D eigenvalue weighted by molar-refractivity contribution is 0.0531. The molecule has 1 rings (SSSR count). The highest BCUT2D eigenvalue weighted by molar-refractivity contribution is 9.09. The fourth-order valence-electron chi connectivity index (χ4n) is 1.48. The number of rotatable bonds is 6. The smallest absolute Gasteiger partial charge is 0.338 e. The molecule has 0 radical (unpaired) electrons. The van der Waals surface area contributed by atoms with Crippen LogP contribution in [-0.2, 0) is 15.8 Å². The monoisotopic (exact) mass is 372 g/mol. The Kier molecular flexibility index (Phi) is 6.62. The van der Waals surface area contributed by atoms with Gasteiger partial charge < -0.3 is 9.16 Å². The SMILES string of the molecule is CC(C)(C)[Si](C)(C)OCc1cccc(C(=O)OCCBr)c1. The number of ether oxygens (including phenoxy) is 1. The number of halogens is 1. The third kappa shape index (κ3) is 5.56. The van der Waals surface area contributed by atoms with E-state index in [2.05, 4.69) is 49.8 Å². The number of hydrogen-bond acceptors (Lipinski definition) is 3. The Bertz CT molecular complexity index is 481. The van der Waals surface area contributed by atoms with E-state index in [-0.39, 0.29) is 11.0 Å². The zero-order valence-corrected chi connectivity index (χ0v) is 16.1. The van der Waals surface area contributed by atoms with Crippen LogP contribution in [0.1, 0.15) is 36.7 Å². The van der Waals surface area contributed by atoms with Gasteiger partial charge in [0.1, 0.15) is 6.61 Å². The molecule has 0 saturated carbocycles. The van der Waals surface area contributed by atoms with E-state index in [9.17, 15) is 4.79 Å². The van der Waals surface area contributed by atoms with E-state index >= 15 is 0 Å². The van der Waals surface area contributed by atoms with Crippen molar-refractivity contribution in [2.75, 3.05) is 11.9 Å². The maximum Gasteiger partial charge on any atom is 0.338 e. The fourth-order valence-corrected chi connectivity index (χ4v) is 2.61. The molecule has 118 valence electrons. The van der Waals surface area contributed by atoms with Crippen LogP contribution in [0.4, 0.5) is 0 Å². The van der Waals surface area contributed by atoms with Crippen molar-refractivity contribution in [3.63, 3.8) is 0 Å². The molecule has 5 heteroatoms. The van der Waals surface area contributed by atoms with Gasteiger partial charge in [0.25, 0.3) is 0 Å². The van der Waals surface area contributed by atoms with E-state index in [1.54, 1.807) is 6.07 Å². The Morgan fingerprint density at radius 1 is 1.29 bits per heavy atom. The van der Waals surface area contributed by atoms with Gasteiger partial charge in [0, 0.05) is 5.33 Å². The van der Waals surface area contributed by atoms with E-state index < -0.39 is 8.32 Å². The lowest BCUT2D eigenvalue weighted by atomic mass is 10.1. The maximum atomic E-state index is 11.8. The van der Waals surface area contributed by atoms with Crippen LogP contribution in [0.15, 0.2) is 24.3 Å². The second-order valence-electron chi connectivity index (χ2n) is 6.57. The molecule has 0 unspecified atom stereocenters. The Hall–Kier alpha value is -0.653. The number of esters is 1. The third-order valence-corrected chi connectivity index (χ3v) is 8.68. The molecule has 0 fully saturated rings. The summed E-state index contributed by atoms with van der Waals surface area (Å²) in [5.74, 6) is -0.288. The van der Waals surface area contributed by atoms with E-state index in [4.69, 9.17) is 9.16 Å². The molecule has 0 aliphatic rings. The van der Waals surface area contributed by atoms with Gasteiger partial charge in [0.05, 0.1) is 12.2 Å². The van der Waals surface area contributed by atoms with Crippen LogP contribution in [0.25, 0.3) is 0 Å². The average Bonchev–Trinajstić information content (AvgIpc) is 2.41. The van der Waals surface area contributed by atoms with Gasteiger partial charge in [0.2, 0.25) is 0 Å². The number of alkyl halides is 1. The van der Waals surface area contributed by atoms with Crippen molar-refractivity contribution in [2.45, 2.75) is 45.5 Å². The third-order valence-electron chi connectivity index (χ3n) is 3.88. The summed E-state index contributed by atoms with van der Waals surface area (Å²) in [6, 6.07) is 7.47. The zero-order valence-electron chi connectivity index (χ0n) is 13.5. The standard InChI is InChI=1S/C16H25BrO3Si/c1-16(2,3)21(4,5)20-12-13-7-6-8-14(11-13)15(18)19-10-9-17/h6-8,11H,9-10,12H2,1-5H3. The zero-order chi connectivity index (χ0) is 16.1. The summed E-state index contributed by atoms with van der Waals surface area (Å²) in [5, 5.41) is 0.826. The fraction of sp³-hybridized carbons (Fsp3) is 0.562. The first kappa shape index (κ1) is 18.4. The van der Waals surface area contributed by atoms with Gasteiger partial charge in [-0.2, -0.15) is 0 Å². The summed E-state index contributed by atoms with van der Waals surface area (Å²) >= 11 is 3.24. The minimum Gasteiger partial charge on any atom is -0.461 e. The summed E-state index contributed by atoms with van der Waals surface area (Å²) in [4.78, 5) is 11.8. The minimum atomic E-state index is -1.78. The predicted molar refractivity (Wildman–Crippen MR) is 92.5 cm³/mol. The molecule has 0 heterocycles. The minimum absolute atomic E-state index is 0.180. The molecule has 0 aliphatic carbocycles. The van der Waals surface area contributed by atoms with Gasteiger partial charge in [-0.15, -0.1) is 0 Å². The molecule has 0 saturated heterocycles. The van der Waals surface area contributed by atoms with E-state index in [0.29, 0.717) is 24.1 Å². The van der Waals surface area contributed by atoms with Crippen molar-refractivity contribution in [3.05, 3.63) is 35.4 Å². The van der Waals surface area contributed by atoms with E-state index in [0.717, 1.165) is 5.56 Å². The molecule has 21 heavy (non-hydrogen) atoms.